The molecule has 0 saturated carbocycles. The van der Waals surface area contributed by atoms with Crippen molar-refractivity contribution in [2.45, 2.75) is 26.3 Å². The Hall–Kier alpha value is -1.07. The van der Waals surface area contributed by atoms with Gasteiger partial charge in [0.05, 0.1) is 14.2 Å². The lowest BCUT2D eigenvalue weighted by molar-refractivity contribution is 0.396. The number of hydrogen-bond acceptors (Lipinski definition) is 4. The highest BCUT2D eigenvalue weighted by Crippen LogP contribution is 2.28. The van der Waals surface area contributed by atoms with E-state index in [1.807, 2.05) is 18.2 Å². The van der Waals surface area contributed by atoms with Crippen molar-refractivity contribution in [1.29, 1.82) is 0 Å². The van der Waals surface area contributed by atoms with Crippen LogP contribution in [0.2, 0.25) is 0 Å². The smallest absolute Gasteiger partial charge is 0.123 e. The van der Waals surface area contributed by atoms with Gasteiger partial charge in [0.25, 0.3) is 0 Å². The second-order valence-electron chi connectivity index (χ2n) is 5.21. The number of methoxy groups -OCH3 is 2. The molecular formula is C15H25NO3S. The van der Waals surface area contributed by atoms with Crippen LogP contribution in [0.15, 0.2) is 18.2 Å². The average molecular weight is 299 g/mol. The molecular weight excluding hydrogens is 274 g/mol. The average Bonchev–Trinajstić information content (AvgIpc) is 2.44. The molecule has 114 valence electrons. The molecule has 1 aromatic rings. The molecule has 20 heavy (non-hydrogen) atoms. The van der Waals surface area contributed by atoms with Crippen molar-refractivity contribution in [2.24, 2.45) is 11.7 Å². The Kier molecular flexibility index (Phi) is 7.02. The van der Waals surface area contributed by atoms with Gasteiger partial charge < -0.3 is 15.2 Å². The van der Waals surface area contributed by atoms with Crippen LogP contribution in [-0.2, 0) is 10.8 Å². The van der Waals surface area contributed by atoms with E-state index in [1.165, 1.54) is 0 Å². The predicted molar refractivity (Wildman–Crippen MR) is 83.8 cm³/mol. The van der Waals surface area contributed by atoms with Gasteiger partial charge in [0, 0.05) is 33.9 Å². The van der Waals surface area contributed by atoms with Crippen molar-refractivity contribution < 1.29 is 13.7 Å². The molecule has 0 aliphatic carbocycles. The standard InChI is InChI=1S/C15H25NO3S/c1-11(2)7-8-20(17)10-14(16)13-9-12(18-3)5-6-15(13)19-4/h5-6,9,11,14H,7-8,10,16H2,1-4H3. The minimum atomic E-state index is -0.911. The molecule has 1 rings (SSSR count). The van der Waals surface area contributed by atoms with E-state index in [-0.39, 0.29) is 6.04 Å². The number of nitrogens with two attached hydrogens (primary N) is 1. The van der Waals surface area contributed by atoms with Crippen molar-refractivity contribution in [1.82, 2.24) is 0 Å². The summed E-state index contributed by atoms with van der Waals surface area (Å²) < 4.78 is 22.6. The molecule has 0 amide bonds. The maximum absolute atomic E-state index is 12.0. The van der Waals surface area contributed by atoms with Crippen LogP contribution in [0.4, 0.5) is 0 Å². The van der Waals surface area contributed by atoms with Crippen LogP contribution in [-0.4, -0.2) is 29.9 Å². The molecule has 0 bridgehead atoms. The van der Waals surface area contributed by atoms with E-state index in [1.54, 1.807) is 14.2 Å². The van der Waals surface area contributed by atoms with Crippen molar-refractivity contribution in [3.8, 4) is 11.5 Å². The Morgan fingerprint density at radius 1 is 1.25 bits per heavy atom. The topological polar surface area (TPSA) is 61.6 Å². The molecule has 0 aromatic heterocycles. The van der Waals surface area contributed by atoms with Gasteiger partial charge in [-0.15, -0.1) is 0 Å². The Labute approximate surface area is 124 Å². The zero-order valence-corrected chi connectivity index (χ0v) is 13.5. The van der Waals surface area contributed by atoms with Crippen LogP contribution in [0.1, 0.15) is 31.9 Å². The maximum Gasteiger partial charge on any atom is 0.123 e. The van der Waals surface area contributed by atoms with Gasteiger partial charge in [-0.05, 0) is 30.5 Å². The van der Waals surface area contributed by atoms with Crippen molar-refractivity contribution in [3.63, 3.8) is 0 Å². The van der Waals surface area contributed by atoms with E-state index >= 15 is 0 Å². The highest BCUT2D eigenvalue weighted by Gasteiger charge is 2.16. The van der Waals surface area contributed by atoms with Crippen molar-refractivity contribution in [2.75, 3.05) is 25.7 Å². The lowest BCUT2D eigenvalue weighted by Gasteiger charge is -2.16. The molecule has 0 aliphatic rings. The van der Waals surface area contributed by atoms with E-state index < -0.39 is 10.8 Å². The van der Waals surface area contributed by atoms with Gasteiger partial charge in [-0.25, -0.2) is 0 Å². The summed E-state index contributed by atoms with van der Waals surface area (Å²) in [4.78, 5) is 0. The molecule has 1 aromatic carbocycles. The van der Waals surface area contributed by atoms with Crippen LogP contribution < -0.4 is 15.2 Å². The van der Waals surface area contributed by atoms with Gasteiger partial charge in [-0.2, -0.15) is 0 Å². The van der Waals surface area contributed by atoms with E-state index in [2.05, 4.69) is 13.8 Å². The highest BCUT2D eigenvalue weighted by atomic mass is 32.2. The second kappa shape index (κ2) is 8.27. The number of ether oxygens (including phenoxy) is 2. The first-order valence-electron chi connectivity index (χ1n) is 6.80. The molecule has 0 heterocycles. The van der Waals surface area contributed by atoms with Crippen LogP contribution >= 0.6 is 0 Å². The first kappa shape index (κ1) is 17.0. The fraction of sp³-hybridized carbons (Fsp3) is 0.600. The van der Waals surface area contributed by atoms with Gasteiger partial charge in [0.2, 0.25) is 0 Å². The van der Waals surface area contributed by atoms with E-state index in [9.17, 15) is 4.21 Å². The van der Waals surface area contributed by atoms with E-state index in [4.69, 9.17) is 15.2 Å². The minimum Gasteiger partial charge on any atom is -0.497 e. The van der Waals surface area contributed by atoms with Gasteiger partial charge in [-0.1, -0.05) is 13.8 Å². The number of benzene rings is 1. The third-order valence-electron chi connectivity index (χ3n) is 3.12. The summed E-state index contributed by atoms with van der Waals surface area (Å²) in [6.07, 6.45) is 0.953. The molecule has 2 atom stereocenters. The Morgan fingerprint density at radius 3 is 2.50 bits per heavy atom. The Morgan fingerprint density at radius 2 is 1.95 bits per heavy atom. The SMILES string of the molecule is COc1ccc(OC)c(C(N)CS(=O)CCC(C)C)c1. The molecule has 4 nitrogen and oxygen atoms in total. The third-order valence-corrected chi connectivity index (χ3v) is 4.55. The zero-order chi connectivity index (χ0) is 15.1. The lowest BCUT2D eigenvalue weighted by atomic mass is 10.1. The first-order valence-corrected chi connectivity index (χ1v) is 8.29. The normalized spacial score (nSPS) is 14.1. The fourth-order valence-corrected chi connectivity index (χ4v) is 3.35. The first-order chi connectivity index (χ1) is 9.47. The van der Waals surface area contributed by atoms with Crippen LogP contribution in [0.3, 0.4) is 0 Å². The molecule has 2 N–H and O–H groups in total. The van der Waals surface area contributed by atoms with E-state index in [0.717, 1.165) is 17.7 Å². The molecule has 5 heteroatoms. The van der Waals surface area contributed by atoms with Gasteiger partial charge in [0.15, 0.2) is 0 Å². The molecule has 2 unspecified atom stereocenters. The zero-order valence-electron chi connectivity index (χ0n) is 12.7. The summed E-state index contributed by atoms with van der Waals surface area (Å²) in [7, 11) is 2.30. The summed E-state index contributed by atoms with van der Waals surface area (Å²) in [5.74, 6) is 3.12. The highest BCUT2D eigenvalue weighted by molar-refractivity contribution is 7.85. The summed E-state index contributed by atoms with van der Waals surface area (Å²) in [6, 6.07) is 5.19. The van der Waals surface area contributed by atoms with Gasteiger partial charge >= 0.3 is 0 Å². The Bertz CT molecular complexity index is 449. The summed E-state index contributed by atoms with van der Waals surface area (Å²) in [6.45, 7) is 4.25. The minimum absolute atomic E-state index is 0.312. The second-order valence-corrected chi connectivity index (χ2v) is 6.83. The molecule has 0 saturated heterocycles. The summed E-state index contributed by atoms with van der Waals surface area (Å²) in [5, 5.41) is 0. The molecule has 0 fully saturated rings. The fourth-order valence-electron chi connectivity index (χ4n) is 1.87. The molecule has 0 radical (unpaired) electrons. The van der Waals surface area contributed by atoms with E-state index in [0.29, 0.717) is 23.2 Å². The lowest BCUT2D eigenvalue weighted by Crippen LogP contribution is -2.21. The largest absolute Gasteiger partial charge is 0.497 e. The number of rotatable bonds is 8. The predicted octanol–water partition coefficient (Wildman–Crippen LogP) is 2.50. The number of hydrogen-bond donors (Lipinski definition) is 1. The third kappa shape index (κ3) is 5.13. The van der Waals surface area contributed by atoms with Gasteiger partial charge in [0.1, 0.15) is 11.5 Å². The van der Waals surface area contributed by atoms with Crippen LogP contribution in [0.25, 0.3) is 0 Å². The van der Waals surface area contributed by atoms with Crippen molar-refractivity contribution in [3.05, 3.63) is 23.8 Å². The quantitative estimate of drug-likeness (QED) is 0.801. The Balaban J connectivity index is 2.75. The monoisotopic (exact) mass is 299 g/mol. The summed E-state index contributed by atoms with van der Waals surface area (Å²) in [5.41, 5.74) is 7.01. The maximum atomic E-state index is 12.0. The molecule has 0 aliphatic heterocycles. The molecule has 0 spiro atoms. The van der Waals surface area contributed by atoms with Crippen LogP contribution in [0.5, 0.6) is 11.5 Å². The van der Waals surface area contributed by atoms with Crippen molar-refractivity contribution >= 4 is 10.8 Å². The van der Waals surface area contributed by atoms with Crippen LogP contribution in [0, 0.1) is 5.92 Å². The van der Waals surface area contributed by atoms with Gasteiger partial charge in [-0.3, -0.25) is 4.21 Å². The summed E-state index contributed by atoms with van der Waals surface area (Å²) >= 11 is 0.